The first-order valence-electron chi connectivity index (χ1n) is 5.71. The van der Waals surface area contributed by atoms with Gasteiger partial charge in [-0.3, -0.25) is 14.9 Å². The minimum absolute atomic E-state index is 0.0349. The average molecular weight is 271 g/mol. The number of carbonyl (C=O) groups excluding carboxylic acids is 1. The number of nitro benzene ring substituents is 1. The number of alkyl halides is 1. The van der Waals surface area contributed by atoms with Crippen LogP contribution in [0.15, 0.2) is 18.2 Å². The third-order valence-electron chi connectivity index (χ3n) is 2.48. The Balaban J connectivity index is 2.82. The van der Waals surface area contributed by atoms with Crippen LogP contribution in [0.5, 0.6) is 0 Å². The second kappa shape index (κ2) is 6.96. The van der Waals surface area contributed by atoms with E-state index in [0.717, 1.165) is 0 Å². The van der Waals surface area contributed by atoms with E-state index in [1.165, 1.54) is 6.07 Å². The van der Waals surface area contributed by atoms with Crippen LogP contribution in [-0.2, 0) is 11.2 Å². The van der Waals surface area contributed by atoms with Gasteiger partial charge in [-0.1, -0.05) is 13.0 Å². The molecule has 1 rings (SSSR count). The van der Waals surface area contributed by atoms with Crippen LogP contribution in [-0.4, -0.2) is 16.7 Å². The van der Waals surface area contributed by atoms with E-state index in [9.17, 15) is 14.9 Å². The Labute approximate surface area is 110 Å². The van der Waals surface area contributed by atoms with E-state index in [0.29, 0.717) is 36.4 Å². The molecular weight excluding hydrogens is 256 g/mol. The first kappa shape index (κ1) is 14.4. The highest BCUT2D eigenvalue weighted by Crippen LogP contribution is 2.23. The van der Waals surface area contributed by atoms with E-state index in [2.05, 4.69) is 5.32 Å². The Morgan fingerprint density at radius 3 is 2.78 bits per heavy atom. The van der Waals surface area contributed by atoms with E-state index in [4.69, 9.17) is 11.6 Å². The molecule has 0 saturated carbocycles. The lowest BCUT2D eigenvalue weighted by Crippen LogP contribution is -2.11. The van der Waals surface area contributed by atoms with Gasteiger partial charge in [0.15, 0.2) is 0 Å². The van der Waals surface area contributed by atoms with Crippen molar-refractivity contribution >= 4 is 28.9 Å². The van der Waals surface area contributed by atoms with Crippen LogP contribution < -0.4 is 5.32 Å². The Kier molecular flexibility index (Phi) is 5.58. The number of benzene rings is 1. The topological polar surface area (TPSA) is 72.2 Å². The molecule has 1 N–H and O–H groups in total. The number of carbonyl (C=O) groups is 1. The molecular formula is C12H15ClN2O3. The molecule has 98 valence electrons. The van der Waals surface area contributed by atoms with Gasteiger partial charge in [0.1, 0.15) is 0 Å². The van der Waals surface area contributed by atoms with Gasteiger partial charge in [0, 0.05) is 29.6 Å². The fourth-order valence-electron chi connectivity index (χ4n) is 1.56. The zero-order chi connectivity index (χ0) is 13.5. The Bertz CT molecular complexity index is 449. The number of nitrogens with zero attached hydrogens (tertiary/aromatic N) is 1. The summed E-state index contributed by atoms with van der Waals surface area (Å²) in [6.07, 6.45) is 1.48. The molecule has 0 bridgehead atoms. The summed E-state index contributed by atoms with van der Waals surface area (Å²) in [5, 5.41) is 13.5. The van der Waals surface area contributed by atoms with Gasteiger partial charge in [-0.05, 0) is 18.9 Å². The molecule has 1 aromatic rings. The Hall–Kier alpha value is -1.62. The molecule has 1 aromatic carbocycles. The van der Waals surface area contributed by atoms with Gasteiger partial charge in [0.05, 0.1) is 4.92 Å². The summed E-state index contributed by atoms with van der Waals surface area (Å²) in [6, 6.07) is 4.72. The van der Waals surface area contributed by atoms with Gasteiger partial charge in [-0.2, -0.15) is 0 Å². The summed E-state index contributed by atoms with van der Waals surface area (Å²) in [7, 11) is 0. The summed E-state index contributed by atoms with van der Waals surface area (Å²) < 4.78 is 0. The minimum Gasteiger partial charge on any atom is -0.326 e. The monoisotopic (exact) mass is 270 g/mol. The standard InChI is InChI=1S/C12H15ClN2O3/c1-2-9-5-6-10(8-11(9)15(17)18)14-12(16)4-3-7-13/h5-6,8H,2-4,7H2,1H3,(H,14,16). The summed E-state index contributed by atoms with van der Waals surface area (Å²) in [5.41, 5.74) is 1.13. The van der Waals surface area contributed by atoms with Crippen molar-refractivity contribution in [2.24, 2.45) is 0 Å². The second-order valence-corrected chi connectivity index (χ2v) is 4.17. The molecule has 0 saturated heterocycles. The number of nitro groups is 1. The van der Waals surface area contributed by atoms with Crippen molar-refractivity contribution in [2.45, 2.75) is 26.2 Å². The minimum atomic E-state index is -0.437. The lowest BCUT2D eigenvalue weighted by atomic mass is 10.1. The molecule has 1 amide bonds. The van der Waals surface area contributed by atoms with Crippen molar-refractivity contribution in [1.82, 2.24) is 0 Å². The average Bonchev–Trinajstić information content (AvgIpc) is 2.36. The van der Waals surface area contributed by atoms with E-state index in [-0.39, 0.29) is 11.6 Å². The van der Waals surface area contributed by atoms with Gasteiger partial charge in [0.2, 0.25) is 5.91 Å². The summed E-state index contributed by atoms with van der Waals surface area (Å²) in [4.78, 5) is 21.9. The molecule has 5 nitrogen and oxygen atoms in total. The fourth-order valence-corrected chi connectivity index (χ4v) is 1.70. The lowest BCUT2D eigenvalue weighted by Gasteiger charge is -2.06. The highest BCUT2D eigenvalue weighted by molar-refractivity contribution is 6.18. The molecule has 0 spiro atoms. The summed E-state index contributed by atoms with van der Waals surface area (Å²) >= 11 is 5.49. The largest absolute Gasteiger partial charge is 0.326 e. The molecule has 0 aliphatic heterocycles. The maximum atomic E-state index is 11.5. The molecule has 0 fully saturated rings. The van der Waals surface area contributed by atoms with Gasteiger partial charge in [0.25, 0.3) is 5.69 Å². The van der Waals surface area contributed by atoms with Crippen LogP contribution in [0, 0.1) is 10.1 Å². The first-order valence-corrected chi connectivity index (χ1v) is 6.25. The number of halogens is 1. The SMILES string of the molecule is CCc1ccc(NC(=O)CCCCl)cc1[N+](=O)[O-]. The van der Waals surface area contributed by atoms with Crippen molar-refractivity contribution in [3.05, 3.63) is 33.9 Å². The maximum Gasteiger partial charge on any atom is 0.274 e. The number of amides is 1. The predicted molar refractivity (Wildman–Crippen MR) is 71.1 cm³/mol. The van der Waals surface area contributed by atoms with Crippen molar-refractivity contribution in [3.8, 4) is 0 Å². The van der Waals surface area contributed by atoms with Gasteiger partial charge in [-0.25, -0.2) is 0 Å². The number of hydrogen-bond donors (Lipinski definition) is 1. The van der Waals surface area contributed by atoms with E-state index in [1.807, 2.05) is 6.92 Å². The highest BCUT2D eigenvalue weighted by atomic mass is 35.5. The fraction of sp³-hybridized carbons (Fsp3) is 0.417. The second-order valence-electron chi connectivity index (χ2n) is 3.79. The van der Waals surface area contributed by atoms with Crippen molar-refractivity contribution in [1.29, 1.82) is 0 Å². The van der Waals surface area contributed by atoms with Crippen molar-refractivity contribution in [2.75, 3.05) is 11.2 Å². The molecule has 6 heteroatoms. The Morgan fingerprint density at radius 2 is 2.22 bits per heavy atom. The predicted octanol–water partition coefficient (Wildman–Crippen LogP) is 3.11. The third-order valence-corrected chi connectivity index (χ3v) is 2.75. The summed E-state index contributed by atoms with van der Waals surface area (Å²) in [6.45, 7) is 1.85. The van der Waals surface area contributed by atoms with Crippen molar-refractivity contribution in [3.63, 3.8) is 0 Å². The normalized spacial score (nSPS) is 10.1. The van der Waals surface area contributed by atoms with Crippen LogP contribution >= 0.6 is 11.6 Å². The number of anilines is 1. The zero-order valence-corrected chi connectivity index (χ0v) is 10.9. The highest BCUT2D eigenvalue weighted by Gasteiger charge is 2.13. The number of rotatable bonds is 6. The van der Waals surface area contributed by atoms with E-state index >= 15 is 0 Å². The molecule has 0 aromatic heterocycles. The Morgan fingerprint density at radius 1 is 1.50 bits per heavy atom. The van der Waals surface area contributed by atoms with Crippen molar-refractivity contribution < 1.29 is 9.72 Å². The number of hydrogen-bond acceptors (Lipinski definition) is 3. The smallest absolute Gasteiger partial charge is 0.274 e. The number of nitrogens with one attached hydrogen (secondary N) is 1. The molecule has 18 heavy (non-hydrogen) atoms. The van der Waals surface area contributed by atoms with Gasteiger partial charge in [-0.15, -0.1) is 11.6 Å². The van der Waals surface area contributed by atoms with Crippen LogP contribution in [0.25, 0.3) is 0 Å². The number of aryl methyl sites for hydroxylation is 1. The molecule has 0 aliphatic carbocycles. The third kappa shape index (κ3) is 4.00. The summed E-state index contributed by atoms with van der Waals surface area (Å²) in [5.74, 6) is 0.233. The van der Waals surface area contributed by atoms with Crippen LogP contribution in [0.4, 0.5) is 11.4 Å². The molecule has 0 heterocycles. The zero-order valence-electron chi connectivity index (χ0n) is 10.1. The lowest BCUT2D eigenvalue weighted by molar-refractivity contribution is -0.385. The molecule has 0 aliphatic rings. The van der Waals surface area contributed by atoms with Crippen LogP contribution in [0.3, 0.4) is 0 Å². The van der Waals surface area contributed by atoms with Gasteiger partial charge < -0.3 is 5.32 Å². The first-order chi connectivity index (χ1) is 8.58. The van der Waals surface area contributed by atoms with Gasteiger partial charge >= 0.3 is 0 Å². The maximum absolute atomic E-state index is 11.5. The molecule has 0 unspecified atom stereocenters. The molecule has 0 atom stereocenters. The molecule has 0 radical (unpaired) electrons. The van der Waals surface area contributed by atoms with Crippen LogP contribution in [0.2, 0.25) is 0 Å². The van der Waals surface area contributed by atoms with E-state index < -0.39 is 4.92 Å². The van der Waals surface area contributed by atoms with Crippen LogP contribution in [0.1, 0.15) is 25.3 Å². The van der Waals surface area contributed by atoms with E-state index in [1.54, 1.807) is 12.1 Å². The quantitative estimate of drug-likeness (QED) is 0.490.